The SMILES string of the molecule is Cc1nc(Nc2ccccn2)cc(C2CCCN(CCO)C2)n1. The maximum absolute atomic E-state index is 9.14. The summed E-state index contributed by atoms with van der Waals surface area (Å²) in [5.41, 5.74) is 1.07. The Morgan fingerprint density at radius 3 is 3.00 bits per heavy atom. The first-order chi connectivity index (χ1) is 11.2. The van der Waals surface area contributed by atoms with Gasteiger partial charge in [0.1, 0.15) is 17.5 Å². The lowest BCUT2D eigenvalue weighted by molar-refractivity contribution is 0.160. The predicted molar refractivity (Wildman–Crippen MR) is 89.8 cm³/mol. The summed E-state index contributed by atoms with van der Waals surface area (Å²) in [7, 11) is 0. The van der Waals surface area contributed by atoms with Crippen LogP contribution in [0, 0.1) is 6.92 Å². The van der Waals surface area contributed by atoms with E-state index in [1.54, 1.807) is 6.20 Å². The smallest absolute Gasteiger partial charge is 0.135 e. The Hall–Kier alpha value is -2.05. The van der Waals surface area contributed by atoms with Crippen LogP contribution in [0.3, 0.4) is 0 Å². The highest BCUT2D eigenvalue weighted by Crippen LogP contribution is 2.27. The van der Waals surface area contributed by atoms with Crippen LogP contribution in [0.2, 0.25) is 0 Å². The third-order valence-electron chi connectivity index (χ3n) is 4.12. The van der Waals surface area contributed by atoms with Crippen LogP contribution in [0.25, 0.3) is 0 Å². The number of piperidine rings is 1. The summed E-state index contributed by atoms with van der Waals surface area (Å²) < 4.78 is 0. The second-order valence-corrected chi connectivity index (χ2v) is 5.93. The van der Waals surface area contributed by atoms with Crippen molar-refractivity contribution in [2.45, 2.75) is 25.7 Å². The molecule has 0 radical (unpaired) electrons. The molecule has 1 unspecified atom stereocenters. The summed E-state index contributed by atoms with van der Waals surface area (Å²) in [6.45, 7) is 4.86. The van der Waals surface area contributed by atoms with Crippen LogP contribution in [0.4, 0.5) is 11.6 Å². The summed E-state index contributed by atoms with van der Waals surface area (Å²) in [6, 6.07) is 7.77. The summed E-state index contributed by atoms with van der Waals surface area (Å²) >= 11 is 0. The first kappa shape index (κ1) is 15.8. The van der Waals surface area contributed by atoms with Crippen molar-refractivity contribution in [2.24, 2.45) is 0 Å². The fourth-order valence-electron chi connectivity index (χ4n) is 3.07. The van der Waals surface area contributed by atoms with Crippen LogP contribution in [0.5, 0.6) is 0 Å². The van der Waals surface area contributed by atoms with E-state index < -0.39 is 0 Å². The number of pyridine rings is 1. The number of hydrogen-bond acceptors (Lipinski definition) is 6. The highest BCUT2D eigenvalue weighted by molar-refractivity contribution is 5.51. The molecule has 0 aromatic carbocycles. The first-order valence-corrected chi connectivity index (χ1v) is 8.11. The fraction of sp³-hybridized carbons (Fsp3) is 0.471. The lowest BCUT2D eigenvalue weighted by Crippen LogP contribution is -2.36. The van der Waals surface area contributed by atoms with Crippen molar-refractivity contribution in [3.8, 4) is 0 Å². The molecule has 23 heavy (non-hydrogen) atoms. The molecule has 0 bridgehead atoms. The van der Waals surface area contributed by atoms with E-state index in [4.69, 9.17) is 5.11 Å². The van der Waals surface area contributed by atoms with Crippen molar-refractivity contribution in [1.29, 1.82) is 0 Å². The third-order valence-corrected chi connectivity index (χ3v) is 4.12. The zero-order valence-corrected chi connectivity index (χ0v) is 13.4. The Kier molecular flexibility index (Phi) is 5.15. The van der Waals surface area contributed by atoms with Crippen molar-refractivity contribution in [3.05, 3.63) is 42.0 Å². The molecule has 0 saturated carbocycles. The number of β-amino-alcohol motifs (C(OH)–C–C–N with tert-alkyl or cyclic N) is 1. The van der Waals surface area contributed by atoms with E-state index in [2.05, 4.69) is 25.2 Å². The lowest BCUT2D eigenvalue weighted by Gasteiger charge is -2.32. The van der Waals surface area contributed by atoms with Gasteiger partial charge in [0.25, 0.3) is 0 Å². The summed E-state index contributed by atoms with van der Waals surface area (Å²) in [4.78, 5) is 15.7. The maximum Gasteiger partial charge on any atom is 0.135 e. The van der Waals surface area contributed by atoms with E-state index in [0.717, 1.165) is 55.6 Å². The Labute approximate surface area is 136 Å². The molecule has 1 aliphatic heterocycles. The highest BCUT2D eigenvalue weighted by Gasteiger charge is 2.22. The number of aromatic nitrogens is 3. The zero-order valence-electron chi connectivity index (χ0n) is 13.4. The number of nitrogens with zero attached hydrogens (tertiary/aromatic N) is 4. The quantitative estimate of drug-likeness (QED) is 0.880. The van der Waals surface area contributed by atoms with Gasteiger partial charge in [0, 0.05) is 31.3 Å². The van der Waals surface area contributed by atoms with E-state index >= 15 is 0 Å². The van der Waals surface area contributed by atoms with Gasteiger partial charge in [-0.3, -0.25) is 0 Å². The molecule has 122 valence electrons. The monoisotopic (exact) mass is 313 g/mol. The van der Waals surface area contributed by atoms with Gasteiger partial charge in [0.05, 0.1) is 12.3 Å². The van der Waals surface area contributed by atoms with Crippen molar-refractivity contribution >= 4 is 11.6 Å². The molecule has 6 heteroatoms. The number of anilines is 2. The average Bonchev–Trinajstić information content (AvgIpc) is 2.56. The normalized spacial score (nSPS) is 18.8. The summed E-state index contributed by atoms with van der Waals surface area (Å²) in [5.74, 6) is 2.72. The molecule has 3 rings (SSSR count). The Balaban J connectivity index is 1.77. The van der Waals surface area contributed by atoms with E-state index in [-0.39, 0.29) is 6.61 Å². The van der Waals surface area contributed by atoms with Gasteiger partial charge in [-0.05, 0) is 38.4 Å². The molecular weight excluding hydrogens is 290 g/mol. The van der Waals surface area contributed by atoms with Gasteiger partial charge in [-0.2, -0.15) is 0 Å². The van der Waals surface area contributed by atoms with E-state index in [1.165, 1.54) is 0 Å². The molecule has 1 aliphatic rings. The van der Waals surface area contributed by atoms with Gasteiger partial charge in [-0.25, -0.2) is 15.0 Å². The molecule has 0 amide bonds. The highest BCUT2D eigenvalue weighted by atomic mass is 16.3. The summed E-state index contributed by atoms with van der Waals surface area (Å²) in [5, 5.41) is 12.4. The van der Waals surface area contributed by atoms with Crippen LogP contribution >= 0.6 is 0 Å². The predicted octanol–water partition coefficient (Wildman–Crippen LogP) is 2.10. The van der Waals surface area contributed by atoms with E-state index in [1.807, 2.05) is 31.2 Å². The minimum Gasteiger partial charge on any atom is -0.395 e. The maximum atomic E-state index is 9.14. The molecule has 2 aromatic heterocycles. The number of nitrogens with one attached hydrogen (secondary N) is 1. The second-order valence-electron chi connectivity index (χ2n) is 5.93. The molecule has 6 nitrogen and oxygen atoms in total. The molecule has 3 heterocycles. The topological polar surface area (TPSA) is 74.2 Å². The molecule has 1 atom stereocenters. The van der Waals surface area contributed by atoms with Gasteiger partial charge in [0.2, 0.25) is 0 Å². The van der Waals surface area contributed by atoms with Crippen LogP contribution < -0.4 is 5.32 Å². The minimum absolute atomic E-state index is 0.210. The molecule has 2 N–H and O–H groups in total. The fourth-order valence-corrected chi connectivity index (χ4v) is 3.07. The number of hydrogen-bond donors (Lipinski definition) is 2. The molecule has 1 fully saturated rings. The number of aliphatic hydroxyl groups is 1. The third kappa shape index (κ3) is 4.24. The van der Waals surface area contributed by atoms with Crippen molar-refractivity contribution in [1.82, 2.24) is 19.9 Å². The van der Waals surface area contributed by atoms with Gasteiger partial charge in [-0.1, -0.05) is 6.07 Å². The van der Waals surface area contributed by atoms with Crippen LogP contribution in [0.15, 0.2) is 30.5 Å². The average molecular weight is 313 g/mol. The molecule has 2 aromatic rings. The van der Waals surface area contributed by atoms with Gasteiger partial charge < -0.3 is 15.3 Å². The van der Waals surface area contributed by atoms with Crippen molar-refractivity contribution in [2.75, 3.05) is 31.6 Å². The number of rotatable bonds is 5. The Morgan fingerprint density at radius 1 is 1.30 bits per heavy atom. The second kappa shape index (κ2) is 7.48. The largest absolute Gasteiger partial charge is 0.395 e. The van der Waals surface area contributed by atoms with Crippen LogP contribution in [-0.2, 0) is 0 Å². The lowest BCUT2D eigenvalue weighted by atomic mass is 9.94. The van der Waals surface area contributed by atoms with E-state index in [9.17, 15) is 0 Å². The van der Waals surface area contributed by atoms with Gasteiger partial charge in [0.15, 0.2) is 0 Å². The number of likely N-dealkylation sites (tertiary alicyclic amines) is 1. The molecule has 0 spiro atoms. The van der Waals surface area contributed by atoms with Crippen molar-refractivity contribution < 1.29 is 5.11 Å². The minimum atomic E-state index is 0.210. The van der Waals surface area contributed by atoms with E-state index in [0.29, 0.717) is 5.92 Å². The summed E-state index contributed by atoms with van der Waals surface area (Å²) in [6.07, 6.45) is 4.02. The zero-order chi connectivity index (χ0) is 16.1. The Bertz CT molecular complexity index is 632. The van der Waals surface area contributed by atoms with Gasteiger partial charge >= 0.3 is 0 Å². The van der Waals surface area contributed by atoms with Crippen LogP contribution in [0.1, 0.15) is 30.3 Å². The first-order valence-electron chi connectivity index (χ1n) is 8.11. The number of aryl methyl sites for hydroxylation is 1. The molecule has 1 saturated heterocycles. The standard InChI is InChI=1S/C17H23N5O/c1-13-19-15(14-5-4-8-22(12-14)9-10-23)11-17(20-13)21-16-6-2-3-7-18-16/h2-3,6-7,11,14,23H,4-5,8-10,12H2,1H3,(H,18,19,20,21). The molecular formula is C17H23N5O. The van der Waals surface area contributed by atoms with Crippen molar-refractivity contribution in [3.63, 3.8) is 0 Å². The van der Waals surface area contributed by atoms with Gasteiger partial charge in [-0.15, -0.1) is 0 Å². The molecule has 0 aliphatic carbocycles. The van der Waals surface area contributed by atoms with Crippen LogP contribution in [-0.4, -0.2) is 51.2 Å². The number of aliphatic hydroxyl groups excluding tert-OH is 1. The Morgan fingerprint density at radius 2 is 2.22 bits per heavy atom.